The van der Waals surface area contributed by atoms with Gasteiger partial charge in [-0.1, -0.05) is 24.3 Å². The molecule has 0 aliphatic carbocycles. The normalized spacial score (nSPS) is 11.8. The summed E-state index contributed by atoms with van der Waals surface area (Å²) in [6.07, 6.45) is 0. The summed E-state index contributed by atoms with van der Waals surface area (Å²) < 4.78 is 0. The van der Waals surface area contributed by atoms with Gasteiger partial charge < -0.3 is 5.32 Å². The molecule has 1 heterocycles. The minimum absolute atomic E-state index is 0.0609. The van der Waals surface area contributed by atoms with Crippen LogP contribution >= 0.6 is 11.3 Å². The number of Topliss-reactive ketones (excluding diaryl/α,β-unsaturated/α-hetero) is 1. The monoisotopic (exact) mass is 259 g/mol. The molecule has 0 saturated heterocycles. The summed E-state index contributed by atoms with van der Waals surface area (Å²) in [6.45, 7) is 1.70. The summed E-state index contributed by atoms with van der Waals surface area (Å²) in [7, 11) is 0. The van der Waals surface area contributed by atoms with Crippen molar-refractivity contribution in [3.05, 3.63) is 58.3 Å². The Morgan fingerprint density at radius 2 is 1.83 bits per heavy atom. The first kappa shape index (κ1) is 12.5. The van der Waals surface area contributed by atoms with Gasteiger partial charge in [-0.05, 0) is 30.5 Å². The van der Waals surface area contributed by atoms with Crippen LogP contribution in [-0.4, -0.2) is 17.7 Å². The van der Waals surface area contributed by atoms with Crippen LogP contribution in [0.25, 0.3) is 0 Å². The summed E-state index contributed by atoms with van der Waals surface area (Å²) >= 11 is 1.38. The Bertz CT molecular complexity index is 534. The molecule has 1 N–H and O–H groups in total. The summed E-state index contributed by atoms with van der Waals surface area (Å²) in [5, 5.41) is 4.55. The Labute approximate surface area is 109 Å². The number of hydrogen-bond acceptors (Lipinski definition) is 3. The topological polar surface area (TPSA) is 46.2 Å². The Morgan fingerprint density at radius 1 is 1.11 bits per heavy atom. The number of ketones is 1. The Kier molecular flexibility index (Phi) is 3.89. The van der Waals surface area contributed by atoms with Crippen LogP contribution < -0.4 is 5.32 Å². The molecule has 1 aromatic carbocycles. The van der Waals surface area contributed by atoms with Gasteiger partial charge in [-0.15, -0.1) is 11.3 Å². The van der Waals surface area contributed by atoms with Crippen molar-refractivity contribution in [3.8, 4) is 0 Å². The molecule has 1 atom stereocenters. The van der Waals surface area contributed by atoms with Gasteiger partial charge in [0.2, 0.25) is 0 Å². The van der Waals surface area contributed by atoms with Crippen molar-refractivity contribution in [2.75, 3.05) is 0 Å². The average Bonchev–Trinajstić information content (AvgIpc) is 2.92. The SMILES string of the molecule is CC(NC(=O)c1ccccc1)C(=O)c1cccs1. The molecule has 18 heavy (non-hydrogen) atoms. The fraction of sp³-hybridized carbons (Fsp3) is 0.143. The molecule has 0 fully saturated rings. The van der Waals surface area contributed by atoms with Crippen molar-refractivity contribution < 1.29 is 9.59 Å². The lowest BCUT2D eigenvalue weighted by molar-refractivity contribution is 0.0867. The van der Waals surface area contributed by atoms with Crippen LogP contribution in [0.1, 0.15) is 27.0 Å². The van der Waals surface area contributed by atoms with E-state index in [1.54, 1.807) is 37.3 Å². The van der Waals surface area contributed by atoms with Gasteiger partial charge in [-0.25, -0.2) is 0 Å². The fourth-order valence-electron chi connectivity index (χ4n) is 1.57. The molecule has 0 bridgehead atoms. The predicted molar refractivity (Wildman–Crippen MR) is 72.0 cm³/mol. The van der Waals surface area contributed by atoms with E-state index in [-0.39, 0.29) is 11.7 Å². The van der Waals surface area contributed by atoms with Crippen molar-refractivity contribution in [1.82, 2.24) is 5.32 Å². The first-order valence-corrected chi connectivity index (χ1v) is 6.50. The molecule has 0 aliphatic heterocycles. The van der Waals surface area contributed by atoms with Gasteiger partial charge >= 0.3 is 0 Å². The number of benzene rings is 1. The molecule has 1 aromatic heterocycles. The summed E-state index contributed by atoms with van der Waals surface area (Å²) in [4.78, 5) is 24.5. The maximum atomic E-state index is 12.0. The molecule has 0 aliphatic rings. The molecule has 92 valence electrons. The maximum absolute atomic E-state index is 12.0. The number of rotatable bonds is 4. The van der Waals surface area contributed by atoms with Gasteiger partial charge in [0.05, 0.1) is 10.9 Å². The highest BCUT2D eigenvalue weighted by Crippen LogP contribution is 2.11. The van der Waals surface area contributed by atoms with E-state index < -0.39 is 6.04 Å². The zero-order valence-electron chi connectivity index (χ0n) is 9.92. The number of carbonyl (C=O) groups is 2. The number of nitrogens with one attached hydrogen (secondary N) is 1. The molecule has 3 nitrogen and oxygen atoms in total. The van der Waals surface area contributed by atoms with Crippen LogP contribution in [-0.2, 0) is 0 Å². The van der Waals surface area contributed by atoms with E-state index in [2.05, 4.69) is 5.32 Å². The second kappa shape index (κ2) is 5.60. The lowest BCUT2D eigenvalue weighted by Crippen LogP contribution is -2.38. The van der Waals surface area contributed by atoms with Gasteiger partial charge in [0.1, 0.15) is 0 Å². The third-order valence-electron chi connectivity index (χ3n) is 2.54. The van der Waals surface area contributed by atoms with Crippen molar-refractivity contribution >= 4 is 23.0 Å². The summed E-state index contributed by atoms with van der Waals surface area (Å²) in [6, 6.07) is 11.9. The van der Waals surface area contributed by atoms with Crippen LogP contribution in [0, 0.1) is 0 Å². The molecule has 2 rings (SSSR count). The van der Waals surface area contributed by atoms with E-state index in [4.69, 9.17) is 0 Å². The number of carbonyl (C=O) groups excluding carboxylic acids is 2. The van der Waals surface area contributed by atoms with Crippen LogP contribution in [0.15, 0.2) is 47.8 Å². The third-order valence-corrected chi connectivity index (χ3v) is 3.43. The van der Waals surface area contributed by atoms with Gasteiger partial charge in [0.25, 0.3) is 5.91 Å². The molecule has 0 saturated carbocycles. The predicted octanol–water partition coefficient (Wildman–Crippen LogP) is 2.75. The van der Waals surface area contributed by atoms with Crippen LogP contribution in [0.2, 0.25) is 0 Å². The lowest BCUT2D eigenvalue weighted by atomic mass is 10.1. The van der Waals surface area contributed by atoms with Gasteiger partial charge in [0.15, 0.2) is 5.78 Å². The number of thiophene rings is 1. The fourth-order valence-corrected chi connectivity index (χ4v) is 2.32. The van der Waals surface area contributed by atoms with E-state index in [0.717, 1.165) is 0 Å². The minimum atomic E-state index is -0.517. The molecule has 4 heteroatoms. The Morgan fingerprint density at radius 3 is 2.44 bits per heavy atom. The second-order valence-corrected chi connectivity index (χ2v) is 4.85. The molecule has 0 spiro atoms. The molecular weight excluding hydrogens is 246 g/mol. The molecular formula is C14H13NO2S. The van der Waals surface area contributed by atoms with Crippen molar-refractivity contribution in [2.45, 2.75) is 13.0 Å². The average molecular weight is 259 g/mol. The standard InChI is InChI=1S/C14H13NO2S/c1-10(13(16)12-8-5-9-18-12)15-14(17)11-6-3-2-4-7-11/h2-10H,1H3,(H,15,17). The quantitative estimate of drug-likeness (QED) is 0.858. The van der Waals surface area contributed by atoms with Gasteiger partial charge in [-0.3, -0.25) is 9.59 Å². The molecule has 1 amide bonds. The van der Waals surface area contributed by atoms with Crippen molar-refractivity contribution in [1.29, 1.82) is 0 Å². The van der Waals surface area contributed by atoms with E-state index in [1.165, 1.54) is 11.3 Å². The van der Waals surface area contributed by atoms with Crippen LogP contribution in [0.3, 0.4) is 0 Å². The second-order valence-electron chi connectivity index (χ2n) is 3.90. The molecule has 0 radical (unpaired) electrons. The molecule has 1 unspecified atom stereocenters. The van der Waals surface area contributed by atoms with E-state index >= 15 is 0 Å². The summed E-state index contributed by atoms with van der Waals surface area (Å²) in [5.41, 5.74) is 0.559. The maximum Gasteiger partial charge on any atom is 0.251 e. The largest absolute Gasteiger partial charge is 0.342 e. The summed E-state index contributed by atoms with van der Waals surface area (Å²) in [5.74, 6) is -0.290. The first-order chi connectivity index (χ1) is 8.68. The van der Waals surface area contributed by atoms with E-state index in [0.29, 0.717) is 10.4 Å². The van der Waals surface area contributed by atoms with E-state index in [1.807, 2.05) is 17.5 Å². The smallest absolute Gasteiger partial charge is 0.251 e. The van der Waals surface area contributed by atoms with Gasteiger partial charge in [0, 0.05) is 5.56 Å². The highest BCUT2D eigenvalue weighted by atomic mass is 32.1. The zero-order chi connectivity index (χ0) is 13.0. The zero-order valence-corrected chi connectivity index (χ0v) is 10.7. The highest BCUT2D eigenvalue weighted by Gasteiger charge is 2.18. The third kappa shape index (κ3) is 2.84. The van der Waals surface area contributed by atoms with Crippen LogP contribution in [0.5, 0.6) is 0 Å². The Hall–Kier alpha value is -1.94. The van der Waals surface area contributed by atoms with Crippen LogP contribution in [0.4, 0.5) is 0 Å². The van der Waals surface area contributed by atoms with Crippen molar-refractivity contribution in [3.63, 3.8) is 0 Å². The van der Waals surface area contributed by atoms with Gasteiger partial charge in [-0.2, -0.15) is 0 Å². The lowest BCUT2D eigenvalue weighted by Gasteiger charge is -2.11. The number of amides is 1. The Balaban J connectivity index is 2.02. The minimum Gasteiger partial charge on any atom is -0.342 e. The molecule has 2 aromatic rings. The highest BCUT2D eigenvalue weighted by molar-refractivity contribution is 7.12. The number of hydrogen-bond donors (Lipinski definition) is 1. The first-order valence-electron chi connectivity index (χ1n) is 5.62. The van der Waals surface area contributed by atoms with E-state index in [9.17, 15) is 9.59 Å². The van der Waals surface area contributed by atoms with Crippen molar-refractivity contribution in [2.24, 2.45) is 0 Å².